The number of benzene rings is 6. The van der Waals surface area contributed by atoms with E-state index >= 15 is 7.61 Å². The second-order valence-corrected chi connectivity index (χ2v) is 25.8. The van der Waals surface area contributed by atoms with Crippen molar-refractivity contribution in [2.24, 2.45) is 0 Å². The molecule has 284 valence electrons. The van der Waals surface area contributed by atoms with Gasteiger partial charge >= 0.3 is 335 Å². The van der Waals surface area contributed by atoms with Gasteiger partial charge in [-0.25, -0.2) is 0 Å². The minimum absolute atomic E-state index is 0.705. The predicted octanol–water partition coefficient (Wildman–Crippen LogP) is 12.0. The zero-order chi connectivity index (χ0) is 38.1. The summed E-state index contributed by atoms with van der Waals surface area (Å²) in [5, 5.41) is 0. The third kappa shape index (κ3) is 13.5. The fraction of sp³-hybridized carbons (Fsp3) is 0.250. The Bertz CT molecular complexity index is 1710. The summed E-state index contributed by atoms with van der Waals surface area (Å²) in [5.41, 5.74) is 7.20. The number of hydrogen-bond donors (Lipinski definition) is 0. The van der Waals surface area contributed by atoms with Crippen molar-refractivity contribution in [3.05, 3.63) is 215 Å². The topological polar surface area (TPSA) is 52.6 Å². The van der Waals surface area contributed by atoms with Crippen LogP contribution in [0.4, 0.5) is 0 Å². The van der Waals surface area contributed by atoms with Gasteiger partial charge in [0.2, 0.25) is 0 Å². The molecule has 6 aromatic rings. The Kier molecular flexibility index (Phi) is 15.2. The molecule has 0 aromatic heterocycles. The van der Waals surface area contributed by atoms with Gasteiger partial charge in [-0.05, 0) is 0 Å². The van der Waals surface area contributed by atoms with E-state index < -0.39 is 30.2 Å². The van der Waals surface area contributed by atoms with E-state index in [1.165, 1.54) is 33.4 Å². The van der Waals surface area contributed by atoms with Gasteiger partial charge in [0, 0.05) is 0 Å². The Morgan fingerprint density at radius 2 is 0.455 bits per heavy atom. The van der Waals surface area contributed by atoms with E-state index in [1.54, 1.807) is 0 Å². The molecule has 0 saturated carbocycles. The van der Waals surface area contributed by atoms with Crippen molar-refractivity contribution in [2.45, 2.75) is 74.8 Å². The first-order valence-corrected chi connectivity index (χ1v) is 26.9. The first-order chi connectivity index (χ1) is 26.9. The van der Waals surface area contributed by atoms with Crippen molar-refractivity contribution in [2.75, 3.05) is 0 Å². The summed E-state index contributed by atoms with van der Waals surface area (Å²) in [6.45, 7) is 0. The Labute approximate surface area is 333 Å². The molecule has 0 atom stereocenters. The van der Waals surface area contributed by atoms with Gasteiger partial charge in [-0.1, -0.05) is 0 Å². The maximum absolute atomic E-state index is 15.0. The van der Waals surface area contributed by atoms with Crippen LogP contribution in [0.2, 0.25) is 36.3 Å². The van der Waals surface area contributed by atoms with E-state index in [1.807, 2.05) is 36.4 Å². The van der Waals surface area contributed by atoms with Gasteiger partial charge in [-0.3, -0.25) is 0 Å². The first-order valence-electron chi connectivity index (χ1n) is 19.8. The second-order valence-electron chi connectivity index (χ2n) is 14.9. The monoisotopic (exact) mass is 802 g/mol. The standard InChI is InChI=1S/2C24H27OSi.Cr.2O/c2*25-26(19-16-22-10-4-1-5-11-22,20-17-23-12-6-2-7-13-23)21-18-24-14-8-3-9-15-24;;;/h2*1-15H,16-21H2;;;/q2*-1;+2;;. The molecule has 0 spiro atoms. The summed E-state index contributed by atoms with van der Waals surface area (Å²) in [6, 6.07) is 66.8. The van der Waals surface area contributed by atoms with Gasteiger partial charge in [0.15, 0.2) is 0 Å². The Morgan fingerprint density at radius 1 is 0.291 bits per heavy atom. The Morgan fingerprint density at radius 3 is 0.618 bits per heavy atom. The summed E-state index contributed by atoms with van der Waals surface area (Å²) in [6.07, 6.45) is 4.60. The number of rotatable bonds is 22. The van der Waals surface area contributed by atoms with E-state index in [-0.39, 0.29) is 0 Å². The molecule has 0 saturated heterocycles. The molecule has 0 fully saturated rings. The molecular weight excluding hydrogens is 749 g/mol. The van der Waals surface area contributed by atoms with Gasteiger partial charge in [-0.15, -0.1) is 0 Å². The summed E-state index contributed by atoms with van der Waals surface area (Å²) in [4.78, 5) is 0. The fourth-order valence-corrected chi connectivity index (χ4v) is 21.9. The summed E-state index contributed by atoms with van der Waals surface area (Å²) in [5.74, 6) is 0. The average Bonchev–Trinajstić information content (AvgIpc) is 3.24. The van der Waals surface area contributed by atoms with Crippen molar-refractivity contribution in [1.29, 1.82) is 0 Å². The van der Waals surface area contributed by atoms with Crippen LogP contribution >= 0.6 is 0 Å². The molecule has 0 bridgehead atoms. The van der Waals surface area contributed by atoms with E-state index in [0.29, 0.717) is 36.3 Å². The molecule has 6 aromatic carbocycles. The third-order valence-corrected chi connectivity index (χ3v) is 24.1. The van der Waals surface area contributed by atoms with Crippen LogP contribution in [0, 0.1) is 0 Å². The van der Waals surface area contributed by atoms with Crippen molar-refractivity contribution in [3.8, 4) is 0 Å². The maximum atomic E-state index is 15.0. The summed E-state index contributed by atoms with van der Waals surface area (Å²) >= 11 is -5.42. The molecule has 0 heterocycles. The average molecular weight is 803 g/mol. The zero-order valence-electron chi connectivity index (χ0n) is 31.8. The van der Waals surface area contributed by atoms with E-state index in [0.717, 1.165) is 38.5 Å². The van der Waals surface area contributed by atoms with Crippen LogP contribution in [0.15, 0.2) is 182 Å². The molecule has 0 N–H and O–H groups in total. The Hall–Kier alpha value is -4.19. The SMILES string of the molecule is [O]=[Cr](=[O])([O][Si](CCc1ccccc1)(CCc1ccccc1)CCc1ccccc1)[O][Si](CCc1ccccc1)(CCc1ccccc1)CCc1ccccc1. The molecule has 4 nitrogen and oxygen atoms in total. The molecule has 0 aliphatic carbocycles. The Balaban J connectivity index is 1.35. The molecule has 0 aliphatic heterocycles. The number of aryl methyl sites for hydroxylation is 6. The molecule has 7 heteroatoms. The van der Waals surface area contributed by atoms with Gasteiger partial charge in [0.05, 0.1) is 0 Å². The molecule has 6 rings (SSSR count). The van der Waals surface area contributed by atoms with Crippen LogP contribution in [0.1, 0.15) is 33.4 Å². The molecule has 55 heavy (non-hydrogen) atoms. The van der Waals surface area contributed by atoms with Crippen LogP contribution < -0.4 is 0 Å². The first kappa shape index (κ1) is 40.5. The second kappa shape index (κ2) is 20.6. The summed E-state index contributed by atoms with van der Waals surface area (Å²) < 4.78 is 43.9. The van der Waals surface area contributed by atoms with Crippen LogP contribution in [-0.4, -0.2) is 16.6 Å². The van der Waals surface area contributed by atoms with Gasteiger partial charge in [-0.2, -0.15) is 0 Å². The minimum atomic E-state index is -5.42. The third-order valence-electron chi connectivity index (χ3n) is 10.8. The van der Waals surface area contributed by atoms with Crippen molar-refractivity contribution in [3.63, 3.8) is 0 Å². The molecule has 0 aliphatic rings. The molecule has 0 amide bonds. The molecule has 0 unspecified atom stereocenters. The van der Waals surface area contributed by atoms with E-state index in [9.17, 15) is 0 Å². The van der Waals surface area contributed by atoms with Crippen molar-refractivity contribution < 1.29 is 28.2 Å². The normalized spacial score (nSPS) is 12.1. The number of hydrogen-bond acceptors (Lipinski definition) is 4. The van der Waals surface area contributed by atoms with Crippen LogP contribution in [0.25, 0.3) is 0 Å². The van der Waals surface area contributed by atoms with Crippen molar-refractivity contribution >= 4 is 16.6 Å². The quantitative estimate of drug-likeness (QED) is 0.0642. The van der Waals surface area contributed by atoms with Crippen LogP contribution in [0.5, 0.6) is 0 Å². The molecule has 0 radical (unpaired) electrons. The summed E-state index contributed by atoms with van der Waals surface area (Å²) in [7, 11) is -6.00. The van der Waals surface area contributed by atoms with E-state index in [4.69, 9.17) is 6.96 Å². The van der Waals surface area contributed by atoms with Crippen LogP contribution in [-0.2, 0) is 66.7 Å². The zero-order valence-corrected chi connectivity index (χ0v) is 35.1. The fourth-order valence-electron chi connectivity index (χ4n) is 7.55. The van der Waals surface area contributed by atoms with E-state index in [2.05, 4.69) is 146 Å². The van der Waals surface area contributed by atoms with Gasteiger partial charge in [0.1, 0.15) is 0 Å². The predicted molar refractivity (Wildman–Crippen MR) is 225 cm³/mol. The van der Waals surface area contributed by atoms with Crippen LogP contribution in [0.3, 0.4) is 0 Å². The molecular formula is C48H54CrO4Si2. The van der Waals surface area contributed by atoms with Gasteiger partial charge in [0.25, 0.3) is 0 Å². The van der Waals surface area contributed by atoms with Gasteiger partial charge < -0.3 is 0 Å². The van der Waals surface area contributed by atoms with Crippen molar-refractivity contribution in [1.82, 2.24) is 0 Å².